The number of hydrogen-bond donors (Lipinski definition) is 3. The summed E-state index contributed by atoms with van der Waals surface area (Å²) in [5.41, 5.74) is 14.0. The quantitative estimate of drug-likeness (QED) is 0.167. The molecule has 0 saturated heterocycles. The molecule has 164 valence electrons. The summed E-state index contributed by atoms with van der Waals surface area (Å²) in [5.74, 6) is 0.853. The lowest BCUT2D eigenvalue weighted by molar-refractivity contribution is 0.601. The number of hydrogen-bond acceptors (Lipinski definition) is 4. The van der Waals surface area contributed by atoms with Crippen molar-refractivity contribution in [2.75, 3.05) is 18.8 Å². The van der Waals surface area contributed by atoms with Crippen molar-refractivity contribution in [1.29, 1.82) is 5.26 Å². The number of nitrogens with two attached hydrogens (primary N) is 2. The van der Waals surface area contributed by atoms with E-state index in [1.54, 1.807) is 4.68 Å². The summed E-state index contributed by atoms with van der Waals surface area (Å²) in [4.78, 5) is 4.36. The van der Waals surface area contributed by atoms with Gasteiger partial charge < -0.3 is 16.8 Å². The molecule has 0 aliphatic rings. The average molecular weight is 523 g/mol. The normalized spacial score (nSPS) is 11.0. The van der Waals surface area contributed by atoms with Crippen molar-refractivity contribution in [1.82, 2.24) is 15.1 Å². The van der Waals surface area contributed by atoms with E-state index in [0.29, 0.717) is 36.0 Å². The highest BCUT2D eigenvalue weighted by atomic mass is 127. The van der Waals surface area contributed by atoms with Gasteiger partial charge in [-0.1, -0.05) is 57.2 Å². The second-order valence-corrected chi connectivity index (χ2v) is 7.13. The third-order valence-corrected chi connectivity index (χ3v) is 4.80. The maximum Gasteiger partial charge on any atom is 0.188 e. The maximum absolute atomic E-state index is 9.45. The number of aromatic nitrogens is 2. The molecule has 1 aromatic carbocycles. The van der Waals surface area contributed by atoms with E-state index < -0.39 is 0 Å². The lowest BCUT2D eigenvalue weighted by atomic mass is 10.1. The first-order valence-corrected chi connectivity index (χ1v) is 10.5. The Morgan fingerprint density at radius 3 is 2.53 bits per heavy atom. The largest absolute Gasteiger partial charge is 0.382 e. The molecule has 2 rings (SSSR count). The number of aryl methyl sites for hydroxylation is 1. The summed E-state index contributed by atoms with van der Waals surface area (Å²) >= 11 is 0. The van der Waals surface area contributed by atoms with Gasteiger partial charge in [0, 0.05) is 13.1 Å². The topological polar surface area (TPSA) is 118 Å². The third-order valence-electron chi connectivity index (χ3n) is 4.80. The zero-order valence-corrected chi connectivity index (χ0v) is 20.1. The molecule has 0 amide bonds. The van der Waals surface area contributed by atoms with Crippen molar-refractivity contribution in [3.05, 3.63) is 41.6 Å². The second-order valence-electron chi connectivity index (χ2n) is 7.13. The van der Waals surface area contributed by atoms with Gasteiger partial charge in [-0.25, -0.2) is 4.68 Å². The van der Waals surface area contributed by atoms with Crippen molar-refractivity contribution in [3.63, 3.8) is 0 Å². The van der Waals surface area contributed by atoms with Gasteiger partial charge >= 0.3 is 0 Å². The standard InChI is InChI=1S/C22H33N7.HI/c1-2-3-4-5-6-10-15-26-22(25)27-16-11-14-20-19(17-23)21(24)29(28-20)18-12-8-7-9-13-18;/h7-9,12-13H,2-6,10-11,14-16,24H2,1H3,(H3,25,26,27);1H. The minimum Gasteiger partial charge on any atom is -0.382 e. The zero-order chi connectivity index (χ0) is 20.9. The van der Waals surface area contributed by atoms with E-state index in [-0.39, 0.29) is 24.0 Å². The van der Waals surface area contributed by atoms with Gasteiger partial charge in [0.1, 0.15) is 17.5 Å². The number of nitrogens with zero attached hydrogens (tertiary/aromatic N) is 4. The maximum atomic E-state index is 9.45. The van der Waals surface area contributed by atoms with Crippen molar-refractivity contribution in [2.45, 2.75) is 58.3 Å². The smallest absolute Gasteiger partial charge is 0.188 e. The lowest BCUT2D eigenvalue weighted by Crippen LogP contribution is -2.32. The van der Waals surface area contributed by atoms with Gasteiger partial charge in [0.25, 0.3) is 0 Å². The number of halogens is 1. The first-order valence-electron chi connectivity index (χ1n) is 10.5. The number of nitrogens with one attached hydrogen (secondary N) is 1. The molecule has 0 bridgehead atoms. The highest BCUT2D eigenvalue weighted by Gasteiger charge is 2.15. The van der Waals surface area contributed by atoms with Crippen molar-refractivity contribution >= 4 is 35.8 Å². The third kappa shape index (κ3) is 8.22. The van der Waals surface area contributed by atoms with E-state index in [9.17, 15) is 5.26 Å². The molecule has 8 heteroatoms. The van der Waals surface area contributed by atoms with Gasteiger partial charge in [-0.05, 0) is 31.4 Å². The van der Waals surface area contributed by atoms with Crippen LogP contribution in [-0.2, 0) is 6.42 Å². The minimum atomic E-state index is 0. The Labute approximate surface area is 197 Å². The van der Waals surface area contributed by atoms with Gasteiger partial charge in [0.15, 0.2) is 5.96 Å². The molecule has 0 radical (unpaired) electrons. The predicted molar refractivity (Wildman–Crippen MR) is 134 cm³/mol. The Kier molecular flexibility index (Phi) is 12.6. The number of nitrogen functional groups attached to an aromatic ring is 1. The van der Waals surface area contributed by atoms with E-state index >= 15 is 0 Å². The van der Waals surface area contributed by atoms with Gasteiger partial charge in [-0.15, -0.1) is 24.0 Å². The number of benzene rings is 1. The van der Waals surface area contributed by atoms with Crippen LogP contribution in [0.5, 0.6) is 0 Å². The van der Waals surface area contributed by atoms with E-state index in [1.807, 2.05) is 30.3 Å². The van der Waals surface area contributed by atoms with Crippen LogP contribution in [0.2, 0.25) is 0 Å². The molecule has 0 fully saturated rings. The number of guanidine groups is 1. The number of aliphatic imine (C=N–C) groups is 1. The summed E-state index contributed by atoms with van der Waals surface area (Å²) in [6, 6.07) is 11.8. The predicted octanol–water partition coefficient (Wildman–Crippen LogP) is 4.14. The molecule has 2 aromatic rings. The molecule has 7 nitrogen and oxygen atoms in total. The SMILES string of the molecule is CCCCCCCCNC(N)=NCCCc1nn(-c2ccccc2)c(N)c1C#N.I. The molecule has 30 heavy (non-hydrogen) atoms. The average Bonchev–Trinajstić information content (AvgIpc) is 3.06. The van der Waals surface area contributed by atoms with Gasteiger partial charge in [-0.3, -0.25) is 4.99 Å². The Bertz CT molecular complexity index is 809. The van der Waals surface area contributed by atoms with Crippen molar-refractivity contribution < 1.29 is 0 Å². The fourth-order valence-electron chi connectivity index (χ4n) is 3.16. The summed E-state index contributed by atoms with van der Waals surface area (Å²) in [7, 11) is 0. The highest BCUT2D eigenvalue weighted by Crippen LogP contribution is 2.21. The number of anilines is 1. The van der Waals surface area contributed by atoms with E-state index in [0.717, 1.165) is 25.1 Å². The van der Waals surface area contributed by atoms with E-state index in [2.05, 4.69) is 28.4 Å². The first kappa shape index (κ1) is 25.8. The number of nitriles is 1. The minimum absolute atomic E-state index is 0. The van der Waals surface area contributed by atoms with Crippen LogP contribution in [0.4, 0.5) is 5.82 Å². The van der Waals surface area contributed by atoms with Crippen LogP contribution in [0.1, 0.15) is 63.1 Å². The summed E-state index contributed by atoms with van der Waals surface area (Å²) < 4.78 is 1.62. The number of unbranched alkanes of at least 4 members (excludes halogenated alkanes) is 5. The van der Waals surface area contributed by atoms with Gasteiger partial charge in [0.2, 0.25) is 0 Å². The fraction of sp³-hybridized carbons (Fsp3) is 0.500. The molecular weight excluding hydrogens is 489 g/mol. The fourth-order valence-corrected chi connectivity index (χ4v) is 3.16. The summed E-state index contributed by atoms with van der Waals surface area (Å²) in [6.07, 6.45) is 8.90. The molecular formula is C22H34IN7. The monoisotopic (exact) mass is 523 g/mol. The summed E-state index contributed by atoms with van der Waals surface area (Å²) in [5, 5.41) is 17.1. The molecule has 1 heterocycles. The summed E-state index contributed by atoms with van der Waals surface area (Å²) in [6.45, 7) is 3.67. The Morgan fingerprint density at radius 1 is 1.13 bits per heavy atom. The molecule has 0 atom stereocenters. The van der Waals surface area contributed by atoms with Crippen LogP contribution in [0.3, 0.4) is 0 Å². The Balaban J connectivity index is 0.00000450. The van der Waals surface area contributed by atoms with Crippen LogP contribution in [0.25, 0.3) is 5.69 Å². The molecule has 0 saturated carbocycles. The van der Waals surface area contributed by atoms with Crippen LogP contribution in [-0.4, -0.2) is 28.8 Å². The molecule has 5 N–H and O–H groups in total. The van der Waals surface area contributed by atoms with Crippen LogP contribution in [0, 0.1) is 11.3 Å². The second kappa shape index (κ2) is 14.7. The van der Waals surface area contributed by atoms with Crippen molar-refractivity contribution in [2.24, 2.45) is 10.7 Å². The van der Waals surface area contributed by atoms with Crippen molar-refractivity contribution in [3.8, 4) is 11.8 Å². The Hall–Kier alpha value is -2.28. The molecule has 0 spiro atoms. The number of para-hydroxylation sites is 1. The molecule has 0 aliphatic heterocycles. The van der Waals surface area contributed by atoms with E-state index in [1.165, 1.54) is 32.1 Å². The van der Waals surface area contributed by atoms with Gasteiger partial charge in [0.05, 0.1) is 11.4 Å². The van der Waals surface area contributed by atoms with E-state index in [4.69, 9.17) is 11.5 Å². The van der Waals surface area contributed by atoms with Crippen LogP contribution < -0.4 is 16.8 Å². The van der Waals surface area contributed by atoms with Gasteiger partial charge in [-0.2, -0.15) is 10.4 Å². The molecule has 0 unspecified atom stereocenters. The molecule has 0 aliphatic carbocycles. The van der Waals surface area contributed by atoms with Crippen LogP contribution in [0.15, 0.2) is 35.3 Å². The number of rotatable bonds is 12. The first-order chi connectivity index (χ1) is 14.2. The Morgan fingerprint density at radius 2 is 1.83 bits per heavy atom. The molecule has 1 aromatic heterocycles. The van der Waals surface area contributed by atoms with Crippen LogP contribution >= 0.6 is 24.0 Å². The zero-order valence-electron chi connectivity index (χ0n) is 17.8. The highest BCUT2D eigenvalue weighted by molar-refractivity contribution is 14.0. The lowest BCUT2D eigenvalue weighted by Gasteiger charge is -2.05.